The number of nitrogens with two attached hydrogens (primary N) is 1. The number of fused-ring (bicyclic) bond motifs is 2. The summed E-state index contributed by atoms with van der Waals surface area (Å²) in [5.41, 5.74) is 11.0. The summed E-state index contributed by atoms with van der Waals surface area (Å²) < 4.78 is 10.9. The molecule has 0 saturated heterocycles. The third-order valence-corrected chi connectivity index (χ3v) is 5.90. The first-order valence-corrected chi connectivity index (χ1v) is 10.7. The van der Waals surface area contributed by atoms with Crippen LogP contribution in [-0.2, 0) is 0 Å². The molecule has 33 heavy (non-hydrogen) atoms. The number of nitrogen functional groups attached to an aromatic ring is 1. The lowest BCUT2D eigenvalue weighted by Gasteiger charge is -2.16. The van der Waals surface area contributed by atoms with E-state index in [0.29, 0.717) is 5.75 Å². The second kappa shape index (κ2) is 8.67. The monoisotopic (exact) mass is 432 g/mol. The Kier molecular flexibility index (Phi) is 5.41. The molecule has 5 aromatic carbocycles. The predicted octanol–water partition coefficient (Wildman–Crippen LogP) is 7.01. The Labute approximate surface area is 192 Å². The van der Waals surface area contributed by atoms with Crippen LogP contribution in [0.5, 0.6) is 11.5 Å². The maximum Gasteiger partial charge on any atom is 0.131 e. The van der Waals surface area contributed by atoms with Gasteiger partial charge in [-0.2, -0.15) is 0 Å². The SMILES string of the molecule is COc1ccc(C=Nc2ccc3ccccc3c2-c2c(N)ccc3ccccc23)c(OC)c1. The molecular formula is C29H24N2O2. The van der Waals surface area contributed by atoms with Crippen LogP contribution in [0.4, 0.5) is 11.4 Å². The summed E-state index contributed by atoms with van der Waals surface area (Å²) >= 11 is 0. The number of hydrogen-bond donors (Lipinski definition) is 1. The Morgan fingerprint density at radius 3 is 2.06 bits per heavy atom. The fourth-order valence-corrected chi connectivity index (χ4v) is 4.26. The van der Waals surface area contributed by atoms with Gasteiger partial charge in [-0.15, -0.1) is 0 Å². The molecule has 0 heterocycles. The molecule has 2 N–H and O–H groups in total. The maximum atomic E-state index is 6.58. The van der Waals surface area contributed by atoms with Gasteiger partial charge in [-0.1, -0.05) is 60.7 Å². The summed E-state index contributed by atoms with van der Waals surface area (Å²) in [4.78, 5) is 4.91. The van der Waals surface area contributed by atoms with Gasteiger partial charge in [0.15, 0.2) is 0 Å². The van der Waals surface area contributed by atoms with Crippen molar-refractivity contribution in [3.05, 3.63) is 96.6 Å². The number of rotatable bonds is 5. The molecule has 0 amide bonds. The van der Waals surface area contributed by atoms with Crippen molar-refractivity contribution in [3.8, 4) is 22.6 Å². The van der Waals surface area contributed by atoms with E-state index in [4.69, 9.17) is 20.2 Å². The van der Waals surface area contributed by atoms with E-state index < -0.39 is 0 Å². The molecular weight excluding hydrogens is 408 g/mol. The molecule has 162 valence electrons. The molecule has 4 heteroatoms. The summed E-state index contributed by atoms with van der Waals surface area (Å²) in [7, 11) is 3.28. The maximum absolute atomic E-state index is 6.58. The average molecular weight is 433 g/mol. The molecule has 0 radical (unpaired) electrons. The van der Waals surface area contributed by atoms with E-state index in [2.05, 4.69) is 36.4 Å². The van der Waals surface area contributed by atoms with Crippen molar-refractivity contribution >= 4 is 39.1 Å². The van der Waals surface area contributed by atoms with Crippen LogP contribution in [0.25, 0.3) is 32.7 Å². The second-order valence-corrected chi connectivity index (χ2v) is 7.80. The topological polar surface area (TPSA) is 56.8 Å². The van der Waals surface area contributed by atoms with Crippen LogP contribution in [0.1, 0.15) is 5.56 Å². The second-order valence-electron chi connectivity index (χ2n) is 7.80. The van der Waals surface area contributed by atoms with Crippen molar-refractivity contribution in [3.63, 3.8) is 0 Å². The Hall–Kier alpha value is -4.31. The lowest BCUT2D eigenvalue weighted by molar-refractivity contribution is 0.394. The van der Waals surface area contributed by atoms with Crippen LogP contribution in [0.15, 0.2) is 96.0 Å². The molecule has 5 rings (SSSR count). The fraction of sp³-hybridized carbons (Fsp3) is 0.0690. The lowest BCUT2D eigenvalue weighted by atomic mass is 9.91. The van der Waals surface area contributed by atoms with Crippen LogP contribution >= 0.6 is 0 Å². The molecule has 0 aliphatic carbocycles. The molecule has 5 aromatic rings. The van der Waals surface area contributed by atoms with Gasteiger partial charge in [-0.25, -0.2) is 0 Å². The summed E-state index contributed by atoms with van der Waals surface area (Å²) in [5, 5.41) is 4.49. The molecule has 0 aliphatic heterocycles. The van der Waals surface area contributed by atoms with Gasteiger partial charge < -0.3 is 15.2 Å². The van der Waals surface area contributed by atoms with E-state index in [0.717, 1.165) is 55.4 Å². The van der Waals surface area contributed by atoms with Gasteiger partial charge >= 0.3 is 0 Å². The minimum Gasteiger partial charge on any atom is -0.497 e. The van der Waals surface area contributed by atoms with Gasteiger partial charge in [0.25, 0.3) is 0 Å². The number of anilines is 1. The quantitative estimate of drug-likeness (QED) is 0.240. The van der Waals surface area contributed by atoms with E-state index >= 15 is 0 Å². The van der Waals surface area contributed by atoms with Crippen LogP contribution in [0, 0.1) is 0 Å². The van der Waals surface area contributed by atoms with Gasteiger partial charge in [-0.05, 0) is 45.8 Å². The molecule has 0 unspecified atom stereocenters. The highest BCUT2D eigenvalue weighted by molar-refractivity contribution is 6.13. The van der Waals surface area contributed by atoms with Crippen molar-refractivity contribution in [2.75, 3.05) is 20.0 Å². The number of hydrogen-bond acceptors (Lipinski definition) is 4. The number of aliphatic imine (C=N–C) groups is 1. The van der Waals surface area contributed by atoms with Gasteiger partial charge in [0.05, 0.1) is 19.9 Å². The number of methoxy groups -OCH3 is 2. The van der Waals surface area contributed by atoms with Crippen molar-refractivity contribution in [2.24, 2.45) is 4.99 Å². The van der Waals surface area contributed by atoms with Crippen molar-refractivity contribution in [1.82, 2.24) is 0 Å². The zero-order chi connectivity index (χ0) is 22.8. The number of benzene rings is 5. The van der Waals surface area contributed by atoms with E-state index in [1.807, 2.05) is 60.8 Å². The summed E-state index contributed by atoms with van der Waals surface area (Å²) in [6.07, 6.45) is 1.83. The van der Waals surface area contributed by atoms with Gasteiger partial charge in [0, 0.05) is 34.7 Å². The minimum absolute atomic E-state index is 0.699. The summed E-state index contributed by atoms with van der Waals surface area (Å²) in [6.45, 7) is 0. The van der Waals surface area contributed by atoms with Crippen molar-refractivity contribution in [2.45, 2.75) is 0 Å². The summed E-state index contributed by atoms with van der Waals surface area (Å²) in [6, 6.07) is 30.5. The molecule has 0 atom stereocenters. The largest absolute Gasteiger partial charge is 0.497 e. The van der Waals surface area contributed by atoms with Crippen LogP contribution in [0.3, 0.4) is 0 Å². The van der Waals surface area contributed by atoms with Gasteiger partial charge in [-0.3, -0.25) is 4.99 Å². The van der Waals surface area contributed by atoms with Crippen LogP contribution < -0.4 is 15.2 Å². The Morgan fingerprint density at radius 1 is 0.697 bits per heavy atom. The minimum atomic E-state index is 0.699. The average Bonchev–Trinajstić information content (AvgIpc) is 2.87. The molecule has 0 aliphatic rings. The van der Waals surface area contributed by atoms with E-state index in [1.54, 1.807) is 14.2 Å². The molecule has 4 nitrogen and oxygen atoms in total. The standard InChI is InChI=1S/C29H24N2O2/c1-32-22-14-11-21(27(17-22)33-2)18-31-26-16-13-20-8-4-6-10-24(20)29(26)28-23-9-5-3-7-19(23)12-15-25(28)30/h3-18H,30H2,1-2H3. The normalized spacial score (nSPS) is 11.3. The predicted molar refractivity (Wildman–Crippen MR) is 138 cm³/mol. The van der Waals surface area contributed by atoms with Crippen LogP contribution in [-0.4, -0.2) is 20.4 Å². The molecule has 0 spiro atoms. The van der Waals surface area contributed by atoms with E-state index in [-0.39, 0.29) is 0 Å². The zero-order valence-electron chi connectivity index (χ0n) is 18.6. The smallest absolute Gasteiger partial charge is 0.131 e. The zero-order valence-corrected chi connectivity index (χ0v) is 18.6. The molecule has 0 fully saturated rings. The fourth-order valence-electron chi connectivity index (χ4n) is 4.26. The highest BCUT2D eigenvalue weighted by Gasteiger charge is 2.15. The Morgan fingerprint density at radius 2 is 1.36 bits per heavy atom. The van der Waals surface area contributed by atoms with Crippen molar-refractivity contribution < 1.29 is 9.47 Å². The lowest BCUT2D eigenvalue weighted by Crippen LogP contribution is -1.94. The first kappa shape index (κ1) is 20.6. The molecule has 0 saturated carbocycles. The van der Waals surface area contributed by atoms with Gasteiger partial charge in [0.2, 0.25) is 0 Å². The first-order chi connectivity index (χ1) is 16.2. The first-order valence-electron chi connectivity index (χ1n) is 10.7. The van der Waals surface area contributed by atoms with E-state index in [9.17, 15) is 0 Å². The molecule has 0 bridgehead atoms. The highest BCUT2D eigenvalue weighted by Crippen LogP contribution is 2.43. The highest BCUT2D eigenvalue weighted by atomic mass is 16.5. The van der Waals surface area contributed by atoms with E-state index in [1.165, 1.54) is 0 Å². The third-order valence-electron chi connectivity index (χ3n) is 5.90. The number of ether oxygens (including phenoxy) is 2. The third kappa shape index (κ3) is 3.76. The summed E-state index contributed by atoms with van der Waals surface area (Å²) in [5.74, 6) is 1.43. The Balaban J connectivity index is 1.76. The molecule has 0 aromatic heterocycles. The van der Waals surface area contributed by atoms with Crippen LogP contribution in [0.2, 0.25) is 0 Å². The Bertz CT molecular complexity index is 1510. The van der Waals surface area contributed by atoms with Crippen molar-refractivity contribution in [1.29, 1.82) is 0 Å². The number of nitrogens with zero attached hydrogens (tertiary/aromatic N) is 1. The van der Waals surface area contributed by atoms with Gasteiger partial charge in [0.1, 0.15) is 11.5 Å².